The molecular formula is C8H16O. The molecule has 9 heavy (non-hydrogen) atoms. The largest absolute Gasteiger partial charge is 0.501 e. The van der Waals surface area contributed by atoms with Crippen molar-refractivity contribution in [3.05, 3.63) is 11.3 Å². The van der Waals surface area contributed by atoms with E-state index in [-0.39, 0.29) is 0 Å². The van der Waals surface area contributed by atoms with Crippen LogP contribution in [0.5, 0.6) is 0 Å². The molecular weight excluding hydrogens is 112 g/mol. The summed E-state index contributed by atoms with van der Waals surface area (Å²) in [7, 11) is 1.72. The van der Waals surface area contributed by atoms with Crippen molar-refractivity contribution >= 4 is 0 Å². The number of rotatable bonds is 2. The molecule has 0 radical (unpaired) electrons. The van der Waals surface area contributed by atoms with E-state index >= 15 is 0 Å². The van der Waals surface area contributed by atoms with Crippen LogP contribution in [0.2, 0.25) is 0 Å². The molecule has 0 aromatic heterocycles. The first kappa shape index (κ1) is 8.54. The second kappa shape index (κ2) is 3.54. The van der Waals surface area contributed by atoms with E-state index in [2.05, 4.69) is 27.7 Å². The highest BCUT2D eigenvalue weighted by Gasteiger charge is 2.02. The first-order chi connectivity index (χ1) is 4.09. The molecule has 1 nitrogen and oxygen atoms in total. The van der Waals surface area contributed by atoms with Gasteiger partial charge in [0.05, 0.1) is 12.9 Å². The third kappa shape index (κ3) is 2.54. The van der Waals surface area contributed by atoms with Crippen LogP contribution in [0.15, 0.2) is 11.3 Å². The van der Waals surface area contributed by atoms with Crippen molar-refractivity contribution in [1.29, 1.82) is 0 Å². The average Bonchev–Trinajstić information content (AvgIpc) is 1.64. The zero-order valence-electron chi connectivity index (χ0n) is 6.99. The van der Waals surface area contributed by atoms with Crippen molar-refractivity contribution in [2.24, 2.45) is 5.92 Å². The topological polar surface area (TPSA) is 9.23 Å². The average molecular weight is 128 g/mol. The Kier molecular flexibility index (Phi) is 3.36. The maximum atomic E-state index is 5.15. The molecule has 0 unspecified atom stereocenters. The molecule has 0 N–H and O–H groups in total. The van der Waals surface area contributed by atoms with E-state index in [9.17, 15) is 0 Å². The fourth-order valence-corrected chi connectivity index (χ4v) is 1.02. The van der Waals surface area contributed by atoms with Crippen LogP contribution < -0.4 is 0 Å². The van der Waals surface area contributed by atoms with Gasteiger partial charge in [-0.05, 0) is 19.4 Å². The number of hydrogen-bond donors (Lipinski definition) is 0. The van der Waals surface area contributed by atoms with Crippen LogP contribution >= 0.6 is 0 Å². The quantitative estimate of drug-likeness (QED) is 0.519. The van der Waals surface area contributed by atoms with Gasteiger partial charge < -0.3 is 4.74 Å². The first-order valence-corrected chi connectivity index (χ1v) is 3.31. The minimum Gasteiger partial charge on any atom is -0.501 e. The summed E-state index contributed by atoms with van der Waals surface area (Å²) >= 11 is 0. The summed E-state index contributed by atoms with van der Waals surface area (Å²) in [6.07, 6.45) is 0. The molecule has 0 aromatic carbocycles. The Bertz CT molecular complexity index is 108. The van der Waals surface area contributed by atoms with Crippen molar-refractivity contribution in [1.82, 2.24) is 0 Å². The highest BCUT2D eigenvalue weighted by atomic mass is 16.5. The van der Waals surface area contributed by atoms with Gasteiger partial charge in [0.2, 0.25) is 0 Å². The van der Waals surface area contributed by atoms with E-state index in [0.29, 0.717) is 5.92 Å². The van der Waals surface area contributed by atoms with Crippen LogP contribution in [0, 0.1) is 5.92 Å². The highest BCUT2D eigenvalue weighted by molar-refractivity contribution is 5.04. The fourth-order valence-electron chi connectivity index (χ4n) is 1.02. The molecule has 1 heteroatoms. The summed E-state index contributed by atoms with van der Waals surface area (Å²) in [5.41, 5.74) is 1.27. The molecule has 0 aliphatic carbocycles. The molecule has 0 heterocycles. The number of ether oxygens (including phenoxy) is 1. The third-order valence-corrected chi connectivity index (χ3v) is 1.24. The lowest BCUT2D eigenvalue weighted by atomic mass is 10.1. The van der Waals surface area contributed by atoms with Gasteiger partial charge in [0.15, 0.2) is 0 Å². The monoisotopic (exact) mass is 128 g/mol. The van der Waals surface area contributed by atoms with Gasteiger partial charge in [0, 0.05) is 5.92 Å². The van der Waals surface area contributed by atoms with E-state index < -0.39 is 0 Å². The van der Waals surface area contributed by atoms with Crippen molar-refractivity contribution in [3.8, 4) is 0 Å². The van der Waals surface area contributed by atoms with E-state index in [0.717, 1.165) is 5.76 Å². The molecule has 0 atom stereocenters. The summed E-state index contributed by atoms with van der Waals surface area (Å²) in [5.74, 6) is 1.62. The second-order valence-electron chi connectivity index (χ2n) is 2.72. The van der Waals surface area contributed by atoms with E-state index in [1.54, 1.807) is 7.11 Å². The second-order valence-corrected chi connectivity index (χ2v) is 2.72. The van der Waals surface area contributed by atoms with Gasteiger partial charge in [-0.2, -0.15) is 0 Å². The van der Waals surface area contributed by atoms with Crippen LogP contribution in [0.4, 0.5) is 0 Å². The van der Waals surface area contributed by atoms with Crippen molar-refractivity contribution in [3.63, 3.8) is 0 Å². The predicted octanol–water partition coefficient (Wildman–Crippen LogP) is 2.58. The zero-order valence-corrected chi connectivity index (χ0v) is 6.99. The molecule has 0 aliphatic heterocycles. The Morgan fingerprint density at radius 3 is 1.67 bits per heavy atom. The predicted molar refractivity (Wildman–Crippen MR) is 40.2 cm³/mol. The SMILES string of the molecule is COC(=C(C)C)C(C)C. The Morgan fingerprint density at radius 1 is 1.22 bits per heavy atom. The van der Waals surface area contributed by atoms with Gasteiger partial charge in [-0.25, -0.2) is 0 Å². The lowest BCUT2D eigenvalue weighted by Gasteiger charge is -2.10. The molecule has 0 rings (SSSR count). The molecule has 0 aliphatic rings. The summed E-state index contributed by atoms with van der Waals surface area (Å²) in [6, 6.07) is 0. The van der Waals surface area contributed by atoms with Gasteiger partial charge in [-0.3, -0.25) is 0 Å². The van der Waals surface area contributed by atoms with Crippen molar-refractivity contribution < 1.29 is 4.74 Å². The van der Waals surface area contributed by atoms with Crippen molar-refractivity contribution in [2.75, 3.05) is 7.11 Å². The Hall–Kier alpha value is -0.460. The summed E-state index contributed by atoms with van der Waals surface area (Å²) in [6.45, 7) is 8.40. The van der Waals surface area contributed by atoms with E-state index in [1.807, 2.05) is 0 Å². The number of methoxy groups -OCH3 is 1. The van der Waals surface area contributed by atoms with Crippen LogP contribution in [0.3, 0.4) is 0 Å². The van der Waals surface area contributed by atoms with E-state index in [4.69, 9.17) is 4.74 Å². The number of allylic oxidation sites excluding steroid dienone is 2. The van der Waals surface area contributed by atoms with Crippen LogP contribution in [-0.4, -0.2) is 7.11 Å². The van der Waals surface area contributed by atoms with Gasteiger partial charge in [-0.15, -0.1) is 0 Å². The summed E-state index contributed by atoms with van der Waals surface area (Å²) < 4.78 is 5.15. The van der Waals surface area contributed by atoms with E-state index in [1.165, 1.54) is 5.57 Å². The third-order valence-electron chi connectivity index (χ3n) is 1.24. The first-order valence-electron chi connectivity index (χ1n) is 3.31. The molecule has 0 amide bonds. The molecule has 0 spiro atoms. The summed E-state index contributed by atoms with van der Waals surface area (Å²) in [4.78, 5) is 0. The standard InChI is InChI=1S/C8H16O/c1-6(2)8(9-5)7(3)4/h6H,1-5H3. The van der Waals surface area contributed by atoms with Crippen LogP contribution in [0.1, 0.15) is 27.7 Å². The normalized spacial score (nSPS) is 9.56. The van der Waals surface area contributed by atoms with Gasteiger partial charge >= 0.3 is 0 Å². The molecule has 0 saturated carbocycles. The maximum absolute atomic E-state index is 5.15. The fraction of sp³-hybridized carbons (Fsp3) is 0.750. The molecule has 54 valence electrons. The summed E-state index contributed by atoms with van der Waals surface area (Å²) in [5, 5.41) is 0. The molecule has 0 aromatic rings. The highest BCUT2D eigenvalue weighted by Crippen LogP contribution is 2.13. The van der Waals surface area contributed by atoms with Gasteiger partial charge in [-0.1, -0.05) is 13.8 Å². The minimum absolute atomic E-state index is 0.514. The Balaban J connectivity index is 4.16. The minimum atomic E-state index is 0.514. The molecule has 0 bridgehead atoms. The molecule has 0 saturated heterocycles. The zero-order chi connectivity index (χ0) is 7.44. The Morgan fingerprint density at radius 2 is 1.67 bits per heavy atom. The van der Waals surface area contributed by atoms with Gasteiger partial charge in [0.25, 0.3) is 0 Å². The van der Waals surface area contributed by atoms with Gasteiger partial charge in [0.1, 0.15) is 0 Å². The van der Waals surface area contributed by atoms with Crippen LogP contribution in [-0.2, 0) is 4.74 Å². The van der Waals surface area contributed by atoms with Crippen molar-refractivity contribution in [2.45, 2.75) is 27.7 Å². The number of hydrogen-bond acceptors (Lipinski definition) is 1. The van der Waals surface area contributed by atoms with Crippen LogP contribution in [0.25, 0.3) is 0 Å². The lowest BCUT2D eigenvalue weighted by molar-refractivity contribution is 0.249. The Labute approximate surface area is 57.7 Å². The lowest BCUT2D eigenvalue weighted by Crippen LogP contribution is -1.98. The smallest absolute Gasteiger partial charge is 0.0967 e. The maximum Gasteiger partial charge on any atom is 0.0967 e. The molecule has 0 fully saturated rings.